The van der Waals surface area contributed by atoms with Crippen LogP contribution >= 0.6 is 11.3 Å². The van der Waals surface area contributed by atoms with Crippen molar-refractivity contribution < 1.29 is 4.39 Å². The Morgan fingerprint density at radius 1 is 1.24 bits per heavy atom. The molecule has 0 aliphatic heterocycles. The fourth-order valence-electron chi connectivity index (χ4n) is 2.30. The number of aromatic nitrogens is 2. The normalized spacial score (nSPS) is 11.0. The van der Waals surface area contributed by atoms with Gasteiger partial charge in [0.25, 0.3) is 0 Å². The number of hydrogen-bond donors (Lipinski definition) is 1. The quantitative estimate of drug-likeness (QED) is 0.788. The Balaban J connectivity index is 1.81. The van der Waals surface area contributed by atoms with E-state index in [0.717, 1.165) is 40.3 Å². The number of nitrogens with zero attached hydrogens (tertiary/aromatic N) is 2. The van der Waals surface area contributed by atoms with Gasteiger partial charge in [-0.05, 0) is 38.1 Å². The van der Waals surface area contributed by atoms with Crippen molar-refractivity contribution in [1.29, 1.82) is 0 Å². The molecule has 2 aromatic heterocycles. The van der Waals surface area contributed by atoms with E-state index in [0.29, 0.717) is 0 Å². The molecule has 0 unspecified atom stereocenters. The highest BCUT2D eigenvalue weighted by Gasteiger charge is 2.06. The molecule has 0 atom stereocenters. The van der Waals surface area contributed by atoms with E-state index in [4.69, 9.17) is 0 Å². The van der Waals surface area contributed by atoms with Crippen LogP contribution in [0.25, 0.3) is 10.9 Å². The molecule has 1 N–H and O–H groups in total. The van der Waals surface area contributed by atoms with Crippen LogP contribution in [0.5, 0.6) is 0 Å². The predicted molar refractivity (Wildman–Crippen MR) is 85.5 cm³/mol. The molecule has 5 heteroatoms. The van der Waals surface area contributed by atoms with Crippen molar-refractivity contribution in [3.63, 3.8) is 0 Å². The van der Waals surface area contributed by atoms with Crippen molar-refractivity contribution in [3.05, 3.63) is 51.9 Å². The Hall–Kier alpha value is -2.01. The largest absolute Gasteiger partial charge is 0.384 e. The fraction of sp³-hybridized carbons (Fsp3) is 0.250. The zero-order valence-electron chi connectivity index (χ0n) is 12.0. The number of aryl methyl sites for hydroxylation is 2. The van der Waals surface area contributed by atoms with E-state index < -0.39 is 0 Å². The highest BCUT2D eigenvalue weighted by Crippen LogP contribution is 2.24. The zero-order chi connectivity index (χ0) is 14.8. The molecule has 0 amide bonds. The number of hydrogen-bond acceptors (Lipinski definition) is 4. The number of nitrogens with one attached hydrogen (secondary N) is 1. The third kappa shape index (κ3) is 3.19. The molecule has 3 rings (SSSR count). The number of fused-ring (bicyclic) bond motifs is 1. The first-order chi connectivity index (χ1) is 10.1. The Kier molecular flexibility index (Phi) is 3.84. The maximum absolute atomic E-state index is 13.4. The highest BCUT2D eigenvalue weighted by atomic mass is 32.1. The van der Waals surface area contributed by atoms with E-state index in [1.165, 1.54) is 17.0 Å². The Morgan fingerprint density at radius 3 is 2.86 bits per heavy atom. The van der Waals surface area contributed by atoms with Gasteiger partial charge in [-0.1, -0.05) is 0 Å². The van der Waals surface area contributed by atoms with Gasteiger partial charge in [0, 0.05) is 40.8 Å². The van der Waals surface area contributed by atoms with Gasteiger partial charge >= 0.3 is 0 Å². The van der Waals surface area contributed by atoms with Crippen LogP contribution in [0.2, 0.25) is 0 Å². The van der Waals surface area contributed by atoms with Crippen LogP contribution in [0.3, 0.4) is 0 Å². The summed E-state index contributed by atoms with van der Waals surface area (Å²) in [6.07, 6.45) is 2.75. The summed E-state index contributed by atoms with van der Waals surface area (Å²) in [5.74, 6) is -0.244. The summed E-state index contributed by atoms with van der Waals surface area (Å²) in [6, 6.07) is 6.64. The molecule has 3 nitrogen and oxygen atoms in total. The van der Waals surface area contributed by atoms with Gasteiger partial charge in [0.1, 0.15) is 5.82 Å². The first-order valence-corrected chi connectivity index (χ1v) is 7.65. The van der Waals surface area contributed by atoms with E-state index in [9.17, 15) is 4.39 Å². The van der Waals surface area contributed by atoms with E-state index >= 15 is 0 Å². The topological polar surface area (TPSA) is 37.8 Å². The zero-order valence-corrected chi connectivity index (χ0v) is 12.8. The lowest BCUT2D eigenvalue weighted by Gasteiger charge is -2.10. The molecule has 0 fully saturated rings. The van der Waals surface area contributed by atoms with Gasteiger partial charge in [-0.3, -0.25) is 4.98 Å². The molecule has 21 heavy (non-hydrogen) atoms. The number of thiazole rings is 1. The summed E-state index contributed by atoms with van der Waals surface area (Å²) in [7, 11) is 0. The SMILES string of the molecule is Cc1cc(NCCc2ncc(C)s2)c2cc(F)ccc2n1. The van der Waals surface area contributed by atoms with Gasteiger partial charge in [0.15, 0.2) is 0 Å². The van der Waals surface area contributed by atoms with Crippen LogP contribution in [-0.4, -0.2) is 16.5 Å². The van der Waals surface area contributed by atoms with Crippen molar-refractivity contribution in [2.45, 2.75) is 20.3 Å². The third-order valence-electron chi connectivity index (χ3n) is 3.22. The predicted octanol–water partition coefficient (Wildman–Crippen LogP) is 4.10. The maximum Gasteiger partial charge on any atom is 0.124 e. The molecule has 1 aromatic carbocycles. The average Bonchev–Trinajstić information content (AvgIpc) is 2.85. The molecule has 3 aromatic rings. The molecule has 0 radical (unpaired) electrons. The second kappa shape index (κ2) is 5.77. The Bertz CT molecular complexity index is 782. The fourth-order valence-corrected chi connectivity index (χ4v) is 3.08. The van der Waals surface area contributed by atoms with Crippen LogP contribution in [0.15, 0.2) is 30.5 Å². The van der Waals surface area contributed by atoms with Gasteiger partial charge in [-0.15, -0.1) is 11.3 Å². The van der Waals surface area contributed by atoms with E-state index in [1.807, 2.05) is 19.2 Å². The number of benzene rings is 1. The summed E-state index contributed by atoms with van der Waals surface area (Å²) in [5, 5.41) is 5.30. The Morgan fingerprint density at radius 2 is 2.10 bits per heavy atom. The molecule has 2 heterocycles. The summed E-state index contributed by atoms with van der Waals surface area (Å²) in [6.45, 7) is 4.76. The molecule has 0 aliphatic rings. The van der Waals surface area contributed by atoms with Crippen LogP contribution in [0, 0.1) is 19.7 Å². The summed E-state index contributed by atoms with van der Waals surface area (Å²) in [4.78, 5) is 10.00. The lowest BCUT2D eigenvalue weighted by Crippen LogP contribution is -2.06. The van der Waals surface area contributed by atoms with Gasteiger partial charge in [-0.2, -0.15) is 0 Å². The van der Waals surface area contributed by atoms with Crippen molar-refractivity contribution in [2.24, 2.45) is 0 Å². The minimum atomic E-state index is -0.244. The molecule has 0 bridgehead atoms. The van der Waals surface area contributed by atoms with E-state index in [1.54, 1.807) is 17.4 Å². The maximum atomic E-state index is 13.4. The molecule has 0 spiro atoms. The van der Waals surface area contributed by atoms with Crippen LogP contribution < -0.4 is 5.32 Å². The number of anilines is 1. The number of rotatable bonds is 4. The lowest BCUT2D eigenvalue weighted by atomic mass is 10.1. The highest BCUT2D eigenvalue weighted by molar-refractivity contribution is 7.11. The van der Waals surface area contributed by atoms with Gasteiger partial charge in [-0.25, -0.2) is 9.37 Å². The van der Waals surface area contributed by atoms with Crippen LogP contribution in [-0.2, 0) is 6.42 Å². The second-order valence-electron chi connectivity index (χ2n) is 5.01. The number of pyridine rings is 1. The molecule has 0 saturated heterocycles. The molecular weight excluding hydrogens is 285 g/mol. The average molecular weight is 301 g/mol. The summed E-state index contributed by atoms with van der Waals surface area (Å²) >= 11 is 1.71. The van der Waals surface area contributed by atoms with E-state index in [-0.39, 0.29) is 5.82 Å². The first kappa shape index (κ1) is 13.9. The molecule has 0 aliphatic carbocycles. The van der Waals surface area contributed by atoms with Crippen molar-refractivity contribution >= 4 is 27.9 Å². The van der Waals surface area contributed by atoms with Gasteiger partial charge in [0.05, 0.1) is 10.5 Å². The second-order valence-corrected chi connectivity index (χ2v) is 6.33. The van der Waals surface area contributed by atoms with Gasteiger partial charge in [0.2, 0.25) is 0 Å². The van der Waals surface area contributed by atoms with Crippen LogP contribution in [0.1, 0.15) is 15.6 Å². The number of halogens is 1. The summed E-state index contributed by atoms with van der Waals surface area (Å²) < 4.78 is 13.4. The lowest BCUT2D eigenvalue weighted by molar-refractivity contribution is 0.629. The minimum Gasteiger partial charge on any atom is -0.384 e. The summed E-state index contributed by atoms with van der Waals surface area (Å²) in [5.41, 5.74) is 2.65. The third-order valence-corrected chi connectivity index (χ3v) is 4.19. The van der Waals surface area contributed by atoms with Crippen LogP contribution in [0.4, 0.5) is 10.1 Å². The smallest absolute Gasteiger partial charge is 0.124 e. The monoisotopic (exact) mass is 301 g/mol. The molecule has 108 valence electrons. The van der Waals surface area contributed by atoms with Crippen molar-refractivity contribution in [3.8, 4) is 0 Å². The first-order valence-electron chi connectivity index (χ1n) is 6.84. The molecule has 0 saturated carbocycles. The molecular formula is C16H16FN3S. The minimum absolute atomic E-state index is 0.244. The van der Waals surface area contributed by atoms with Crippen molar-refractivity contribution in [1.82, 2.24) is 9.97 Å². The van der Waals surface area contributed by atoms with Crippen molar-refractivity contribution in [2.75, 3.05) is 11.9 Å². The standard InChI is InChI=1S/C16H16FN3S/c1-10-7-15(13-8-12(17)3-4-14(13)20-10)18-6-5-16-19-9-11(2)21-16/h3-4,7-9H,5-6H2,1-2H3,(H,18,20). The van der Waals surface area contributed by atoms with E-state index in [2.05, 4.69) is 22.2 Å². The Labute approximate surface area is 126 Å². The van der Waals surface area contributed by atoms with Gasteiger partial charge < -0.3 is 5.32 Å².